The molecular weight excluding hydrogens is 326 g/mol. The van der Waals surface area contributed by atoms with Crippen LogP contribution in [0.1, 0.15) is 10.4 Å². The van der Waals surface area contributed by atoms with Crippen LogP contribution in [0.15, 0.2) is 12.1 Å². The lowest BCUT2D eigenvalue weighted by Gasteiger charge is -2.11. The first-order valence-corrected chi connectivity index (χ1v) is 7.57. The summed E-state index contributed by atoms with van der Waals surface area (Å²) in [5.74, 6) is -1.73. The Kier molecular flexibility index (Phi) is 5.47. The van der Waals surface area contributed by atoms with E-state index in [9.17, 15) is 23.3 Å². The fraction of sp³-hybridized carbons (Fsp3) is 0.300. The van der Waals surface area contributed by atoms with Gasteiger partial charge in [-0.15, -0.1) is 0 Å². The largest absolute Gasteiger partial charge is 0.478 e. The van der Waals surface area contributed by atoms with E-state index in [0.717, 1.165) is 12.1 Å². The highest BCUT2D eigenvalue weighted by Crippen LogP contribution is 2.31. The molecule has 0 bridgehead atoms. The molecule has 0 heterocycles. The summed E-state index contributed by atoms with van der Waals surface area (Å²) in [5.41, 5.74) is -0.942. The number of halogens is 1. The minimum Gasteiger partial charge on any atom is -0.478 e. The number of hydrogen-bond acceptors (Lipinski definition) is 6. The second-order valence-electron chi connectivity index (χ2n) is 3.86. The average Bonchev–Trinajstić information content (AvgIpc) is 2.39. The van der Waals surface area contributed by atoms with Crippen LogP contribution in [-0.4, -0.2) is 43.8 Å². The lowest BCUT2D eigenvalue weighted by molar-refractivity contribution is -0.384. The molecule has 0 aliphatic rings. The number of nitrogens with zero attached hydrogens (tertiary/aromatic N) is 1. The Morgan fingerprint density at radius 1 is 1.48 bits per heavy atom. The third kappa shape index (κ3) is 4.55. The van der Waals surface area contributed by atoms with E-state index in [1.165, 1.54) is 7.05 Å². The first-order chi connectivity index (χ1) is 9.68. The minimum absolute atomic E-state index is 0.0685. The van der Waals surface area contributed by atoms with Gasteiger partial charge in [-0.3, -0.25) is 10.1 Å². The molecule has 1 aromatic rings. The Hall–Kier alpha value is -1.91. The highest BCUT2D eigenvalue weighted by molar-refractivity contribution is 7.89. The monoisotopic (exact) mass is 337 g/mol. The number of anilines is 1. The normalized spacial score (nSPS) is 11.1. The van der Waals surface area contributed by atoms with Crippen molar-refractivity contribution >= 4 is 39.0 Å². The quantitative estimate of drug-likeness (QED) is 0.496. The zero-order valence-electron chi connectivity index (χ0n) is 10.8. The SMILES string of the molecule is CNS(=O)(=O)CCNc1c(Cl)cc([N+](=O)[O-])cc1C(=O)O. The summed E-state index contributed by atoms with van der Waals surface area (Å²) in [5, 5.41) is 22.1. The highest BCUT2D eigenvalue weighted by Gasteiger charge is 2.20. The van der Waals surface area contributed by atoms with Crippen LogP contribution in [0.25, 0.3) is 0 Å². The minimum atomic E-state index is -3.47. The van der Waals surface area contributed by atoms with Crippen LogP contribution < -0.4 is 10.0 Å². The summed E-state index contributed by atoms with van der Waals surface area (Å²) < 4.78 is 24.6. The average molecular weight is 338 g/mol. The number of nitrogens with one attached hydrogen (secondary N) is 2. The number of carboxylic acid groups (broad SMARTS) is 1. The van der Waals surface area contributed by atoms with Gasteiger partial charge in [-0.05, 0) is 7.05 Å². The smallest absolute Gasteiger partial charge is 0.338 e. The van der Waals surface area contributed by atoms with Crippen LogP contribution in [0, 0.1) is 10.1 Å². The summed E-state index contributed by atoms with van der Waals surface area (Å²) in [4.78, 5) is 21.0. The number of non-ortho nitro benzene ring substituents is 1. The molecule has 21 heavy (non-hydrogen) atoms. The van der Waals surface area contributed by atoms with Crippen LogP contribution >= 0.6 is 11.6 Å². The molecule has 0 atom stereocenters. The maximum absolute atomic E-state index is 11.2. The van der Waals surface area contributed by atoms with Gasteiger partial charge < -0.3 is 10.4 Å². The first-order valence-electron chi connectivity index (χ1n) is 5.54. The first kappa shape index (κ1) is 17.1. The van der Waals surface area contributed by atoms with Crippen molar-refractivity contribution in [1.82, 2.24) is 4.72 Å². The molecule has 0 amide bonds. The van der Waals surface area contributed by atoms with Crippen molar-refractivity contribution in [3.8, 4) is 0 Å². The van der Waals surface area contributed by atoms with Crippen LogP contribution in [0.4, 0.5) is 11.4 Å². The number of carbonyl (C=O) groups is 1. The van der Waals surface area contributed by atoms with Gasteiger partial charge in [0.05, 0.1) is 26.9 Å². The standard InChI is InChI=1S/C10H12ClN3O6S/c1-12-21(19,20)3-2-13-9-7(10(15)16)4-6(14(17)18)5-8(9)11/h4-5,12-13H,2-3H2,1H3,(H,15,16). The lowest BCUT2D eigenvalue weighted by Crippen LogP contribution is -2.26. The Balaban J connectivity index is 3.06. The van der Waals surface area contributed by atoms with E-state index in [1.807, 2.05) is 0 Å². The van der Waals surface area contributed by atoms with Gasteiger partial charge in [-0.25, -0.2) is 17.9 Å². The van der Waals surface area contributed by atoms with Crippen LogP contribution in [0.5, 0.6) is 0 Å². The zero-order valence-corrected chi connectivity index (χ0v) is 12.4. The number of sulfonamides is 1. The van der Waals surface area contributed by atoms with Crippen molar-refractivity contribution in [2.24, 2.45) is 0 Å². The fourth-order valence-corrected chi connectivity index (χ4v) is 2.31. The Bertz CT molecular complexity index is 676. The van der Waals surface area contributed by atoms with Crippen LogP contribution in [0.2, 0.25) is 5.02 Å². The molecule has 0 aliphatic heterocycles. The van der Waals surface area contributed by atoms with E-state index < -0.39 is 32.2 Å². The van der Waals surface area contributed by atoms with E-state index in [-0.39, 0.29) is 23.0 Å². The number of hydrogen-bond donors (Lipinski definition) is 3. The predicted molar refractivity (Wildman–Crippen MR) is 76.4 cm³/mol. The van der Waals surface area contributed by atoms with Gasteiger partial charge in [0.1, 0.15) is 0 Å². The molecule has 0 unspecified atom stereocenters. The molecule has 0 aliphatic carbocycles. The van der Waals surface area contributed by atoms with Gasteiger partial charge in [-0.1, -0.05) is 11.6 Å². The highest BCUT2D eigenvalue weighted by atomic mass is 35.5. The van der Waals surface area contributed by atoms with Crippen molar-refractivity contribution in [2.45, 2.75) is 0 Å². The van der Waals surface area contributed by atoms with E-state index in [0.29, 0.717) is 0 Å². The van der Waals surface area contributed by atoms with Gasteiger partial charge in [0.2, 0.25) is 10.0 Å². The van der Waals surface area contributed by atoms with E-state index in [1.54, 1.807) is 0 Å². The van der Waals surface area contributed by atoms with E-state index >= 15 is 0 Å². The van der Waals surface area contributed by atoms with Gasteiger partial charge >= 0.3 is 5.97 Å². The van der Waals surface area contributed by atoms with Crippen molar-refractivity contribution in [3.63, 3.8) is 0 Å². The molecule has 0 saturated heterocycles. The van der Waals surface area contributed by atoms with Gasteiger partial charge in [-0.2, -0.15) is 0 Å². The van der Waals surface area contributed by atoms with Gasteiger partial charge in [0.15, 0.2) is 0 Å². The van der Waals surface area contributed by atoms with Crippen molar-refractivity contribution < 1.29 is 23.2 Å². The Labute approximate surface area is 125 Å². The van der Waals surface area contributed by atoms with Crippen molar-refractivity contribution in [3.05, 3.63) is 32.8 Å². The number of carboxylic acids is 1. The third-order valence-electron chi connectivity index (χ3n) is 2.50. The molecule has 0 aromatic heterocycles. The Morgan fingerprint density at radius 2 is 2.10 bits per heavy atom. The number of benzene rings is 1. The molecule has 11 heteroatoms. The number of rotatable bonds is 7. The van der Waals surface area contributed by atoms with Gasteiger partial charge in [0, 0.05) is 18.7 Å². The topological polar surface area (TPSA) is 139 Å². The molecule has 0 spiro atoms. The summed E-state index contributed by atoms with van der Waals surface area (Å²) in [6.45, 7) is -0.110. The molecule has 1 aromatic carbocycles. The van der Waals surface area contributed by atoms with Crippen LogP contribution in [0.3, 0.4) is 0 Å². The summed E-state index contributed by atoms with van der Waals surface area (Å²) in [7, 11) is -2.22. The molecular formula is C10H12ClN3O6S. The molecule has 9 nitrogen and oxygen atoms in total. The second-order valence-corrected chi connectivity index (χ2v) is 6.32. The third-order valence-corrected chi connectivity index (χ3v) is 4.16. The van der Waals surface area contributed by atoms with Crippen LogP contribution in [-0.2, 0) is 10.0 Å². The molecule has 3 N–H and O–H groups in total. The zero-order chi connectivity index (χ0) is 16.2. The number of nitro benzene ring substituents is 1. The summed E-state index contributed by atoms with van der Waals surface area (Å²) >= 11 is 5.81. The maximum atomic E-state index is 11.2. The molecule has 0 fully saturated rings. The molecule has 116 valence electrons. The molecule has 0 saturated carbocycles. The van der Waals surface area contributed by atoms with Crippen molar-refractivity contribution in [2.75, 3.05) is 24.7 Å². The van der Waals surface area contributed by atoms with E-state index in [2.05, 4.69) is 10.0 Å². The Morgan fingerprint density at radius 3 is 2.57 bits per heavy atom. The van der Waals surface area contributed by atoms with Crippen molar-refractivity contribution in [1.29, 1.82) is 0 Å². The number of nitro groups is 1. The van der Waals surface area contributed by atoms with E-state index in [4.69, 9.17) is 16.7 Å². The van der Waals surface area contributed by atoms with Gasteiger partial charge in [0.25, 0.3) is 5.69 Å². The molecule has 0 radical (unpaired) electrons. The lowest BCUT2D eigenvalue weighted by atomic mass is 10.1. The second kappa shape index (κ2) is 6.70. The maximum Gasteiger partial charge on any atom is 0.338 e. The predicted octanol–water partition coefficient (Wildman–Crippen LogP) is 0.907. The summed E-state index contributed by atoms with van der Waals surface area (Å²) in [6.07, 6.45) is 0. The molecule has 1 rings (SSSR count). The summed E-state index contributed by atoms with van der Waals surface area (Å²) in [6, 6.07) is 1.84. The fourth-order valence-electron chi connectivity index (χ4n) is 1.46. The number of aromatic carboxylic acids is 1.